The molecule has 0 bridgehead atoms. The molecule has 0 aromatic heterocycles. The van der Waals surface area contributed by atoms with Gasteiger partial charge in [0.05, 0.1) is 12.2 Å². The molecule has 0 saturated heterocycles. The fraction of sp³-hybridized carbons (Fsp3) is 0.615. The summed E-state index contributed by atoms with van der Waals surface area (Å²) >= 11 is 0. The zero-order valence-electron chi connectivity index (χ0n) is 23.1. The summed E-state index contributed by atoms with van der Waals surface area (Å²) in [5.74, 6) is -1.65. The van der Waals surface area contributed by atoms with Gasteiger partial charge in [-0.2, -0.15) is 0 Å². The predicted molar refractivity (Wildman–Crippen MR) is 135 cm³/mol. The molecule has 0 spiro atoms. The summed E-state index contributed by atoms with van der Waals surface area (Å²) in [7, 11) is 0. The van der Waals surface area contributed by atoms with Crippen LogP contribution in [0.15, 0.2) is 18.2 Å². The number of carbonyl (C=O) groups is 4. The molecule has 38 heavy (non-hydrogen) atoms. The van der Waals surface area contributed by atoms with E-state index in [1.165, 1.54) is 25.1 Å². The Morgan fingerprint density at radius 2 is 1.32 bits per heavy atom. The second-order valence-corrected chi connectivity index (χ2v) is 9.91. The highest BCUT2D eigenvalue weighted by atomic mass is 16.8. The number of hydrogen-bond acceptors (Lipinski definition) is 11. The predicted octanol–water partition coefficient (Wildman–Crippen LogP) is 4.84. The van der Waals surface area contributed by atoms with Gasteiger partial charge in [-0.1, -0.05) is 19.9 Å². The van der Waals surface area contributed by atoms with E-state index in [0.29, 0.717) is 5.56 Å². The molecule has 12 nitrogen and oxygen atoms in total. The maximum absolute atomic E-state index is 12.1. The van der Waals surface area contributed by atoms with E-state index in [1.807, 2.05) is 13.8 Å². The minimum absolute atomic E-state index is 0.0684. The van der Waals surface area contributed by atoms with Crippen molar-refractivity contribution >= 4 is 24.4 Å². The van der Waals surface area contributed by atoms with Crippen LogP contribution in [0.2, 0.25) is 0 Å². The van der Waals surface area contributed by atoms with Crippen molar-refractivity contribution in [1.82, 2.24) is 0 Å². The van der Waals surface area contributed by atoms with E-state index in [0.717, 1.165) is 0 Å². The smallest absolute Gasteiger partial charge is 0.480 e. The van der Waals surface area contributed by atoms with Gasteiger partial charge in [0, 0.05) is 12.8 Å². The Labute approximate surface area is 222 Å². The van der Waals surface area contributed by atoms with Gasteiger partial charge in [0.15, 0.2) is 11.5 Å². The molecule has 214 valence electrons. The van der Waals surface area contributed by atoms with Crippen LogP contribution in [0.5, 0.6) is 11.5 Å². The lowest BCUT2D eigenvalue weighted by molar-refractivity contribution is -0.144. The molecular weight excluding hydrogens is 502 g/mol. The topological polar surface area (TPSA) is 170 Å². The first-order valence-corrected chi connectivity index (χ1v) is 12.3. The molecule has 3 atom stereocenters. The monoisotopic (exact) mass is 541 g/mol. The summed E-state index contributed by atoms with van der Waals surface area (Å²) < 4.78 is 30.6. The highest BCUT2D eigenvalue weighted by Gasteiger charge is 2.37. The maximum Gasteiger partial charge on any atom is 0.514 e. The summed E-state index contributed by atoms with van der Waals surface area (Å²) in [6.45, 7) is 13.5. The number of aliphatic carboxylic acids is 1. The second kappa shape index (κ2) is 14.4. The van der Waals surface area contributed by atoms with Gasteiger partial charge in [-0.25, -0.2) is 14.4 Å². The lowest BCUT2D eigenvalue weighted by Gasteiger charge is -2.28. The fourth-order valence-electron chi connectivity index (χ4n) is 3.07. The number of hydrogen-bond donors (Lipinski definition) is 2. The summed E-state index contributed by atoms with van der Waals surface area (Å²) in [6.07, 6.45) is -5.75. The zero-order chi connectivity index (χ0) is 29.2. The normalized spacial score (nSPS) is 14.3. The quantitative estimate of drug-likeness (QED) is 0.210. The third-order valence-electron chi connectivity index (χ3n) is 5.17. The molecule has 0 aliphatic rings. The van der Waals surface area contributed by atoms with Crippen LogP contribution in [0.4, 0.5) is 14.4 Å². The molecule has 1 aromatic carbocycles. The van der Waals surface area contributed by atoms with Crippen molar-refractivity contribution in [3.8, 4) is 11.5 Å². The lowest BCUT2D eigenvalue weighted by Crippen LogP contribution is -2.52. The van der Waals surface area contributed by atoms with E-state index in [2.05, 4.69) is 0 Å². The largest absolute Gasteiger partial charge is 0.514 e. The lowest BCUT2D eigenvalue weighted by atomic mass is 9.86. The number of carboxylic acid groups (broad SMARTS) is 1. The molecule has 1 aromatic rings. The van der Waals surface area contributed by atoms with Gasteiger partial charge in [0.1, 0.15) is 17.7 Å². The van der Waals surface area contributed by atoms with Crippen molar-refractivity contribution in [2.45, 2.75) is 98.2 Å². The molecule has 0 fully saturated rings. The van der Waals surface area contributed by atoms with E-state index in [-0.39, 0.29) is 30.3 Å². The number of rotatable bonds is 12. The van der Waals surface area contributed by atoms with Gasteiger partial charge >= 0.3 is 24.4 Å². The molecule has 12 heteroatoms. The highest BCUT2D eigenvalue weighted by molar-refractivity contribution is 5.79. The van der Waals surface area contributed by atoms with Gasteiger partial charge in [-0.15, -0.1) is 0 Å². The molecule has 3 N–H and O–H groups in total. The summed E-state index contributed by atoms with van der Waals surface area (Å²) in [5, 5.41) is 9.88. The molecule has 0 amide bonds. The Bertz CT molecular complexity index is 976. The molecule has 0 saturated carbocycles. The number of carboxylic acids is 1. The third kappa shape index (κ3) is 11.2. The van der Waals surface area contributed by atoms with Crippen LogP contribution < -0.4 is 15.2 Å². The number of nitrogens with two attached hydrogens (primary N) is 1. The molecule has 0 heterocycles. The average Bonchev–Trinajstić information content (AvgIpc) is 2.73. The summed E-state index contributed by atoms with van der Waals surface area (Å²) in [6, 6.07) is 4.06. The third-order valence-corrected chi connectivity index (χ3v) is 5.17. The maximum atomic E-state index is 12.1. The van der Waals surface area contributed by atoms with Gasteiger partial charge in [-0.05, 0) is 65.2 Å². The van der Waals surface area contributed by atoms with Crippen LogP contribution in [0, 0.1) is 5.92 Å². The molecular formula is C26H39NO11. The van der Waals surface area contributed by atoms with Crippen molar-refractivity contribution < 1.29 is 52.7 Å². The van der Waals surface area contributed by atoms with E-state index in [9.17, 15) is 24.3 Å². The summed E-state index contributed by atoms with van der Waals surface area (Å²) in [5.41, 5.74) is 4.67. The van der Waals surface area contributed by atoms with E-state index < -0.39 is 54.4 Å². The SMILES string of the molecule is CC(C)OC(=O)Oc1ccc(CC(N)(C[C@H](C)OC(=O)OC(C)C(C)C)C(=O)O)cc1OC(=O)OC(C)C. The summed E-state index contributed by atoms with van der Waals surface area (Å²) in [4.78, 5) is 48.3. The van der Waals surface area contributed by atoms with Crippen LogP contribution >= 0.6 is 0 Å². The number of benzene rings is 1. The Balaban J connectivity index is 3.14. The van der Waals surface area contributed by atoms with Crippen LogP contribution in [-0.2, 0) is 30.2 Å². The molecule has 0 aliphatic heterocycles. The Kier molecular flexibility index (Phi) is 12.3. The molecule has 1 rings (SSSR count). The van der Waals surface area contributed by atoms with Crippen molar-refractivity contribution in [1.29, 1.82) is 0 Å². The average molecular weight is 542 g/mol. The minimum Gasteiger partial charge on any atom is -0.480 e. The van der Waals surface area contributed by atoms with Crippen molar-refractivity contribution in [3.05, 3.63) is 23.8 Å². The van der Waals surface area contributed by atoms with Gasteiger partial charge in [0.25, 0.3) is 0 Å². The Morgan fingerprint density at radius 1 is 0.789 bits per heavy atom. The van der Waals surface area contributed by atoms with Crippen LogP contribution in [0.1, 0.15) is 67.4 Å². The van der Waals surface area contributed by atoms with Crippen LogP contribution in [0.25, 0.3) is 0 Å². The van der Waals surface area contributed by atoms with Crippen molar-refractivity contribution in [2.24, 2.45) is 11.7 Å². The van der Waals surface area contributed by atoms with Gasteiger partial charge in [-0.3, -0.25) is 4.79 Å². The fourth-order valence-corrected chi connectivity index (χ4v) is 3.07. The van der Waals surface area contributed by atoms with Crippen LogP contribution in [0.3, 0.4) is 0 Å². The number of ether oxygens (including phenoxy) is 6. The number of carbonyl (C=O) groups excluding carboxylic acids is 3. The first kappa shape index (κ1) is 32.5. The van der Waals surface area contributed by atoms with Crippen molar-refractivity contribution in [3.63, 3.8) is 0 Å². The van der Waals surface area contributed by atoms with Gasteiger partial charge < -0.3 is 39.3 Å². The van der Waals surface area contributed by atoms with E-state index in [4.69, 9.17) is 34.2 Å². The van der Waals surface area contributed by atoms with E-state index >= 15 is 0 Å². The van der Waals surface area contributed by atoms with Crippen LogP contribution in [-0.4, -0.2) is 59.5 Å². The van der Waals surface area contributed by atoms with E-state index in [1.54, 1.807) is 34.6 Å². The Hall–Kier alpha value is -3.54. The second-order valence-electron chi connectivity index (χ2n) is 9.91. The highest BCUT2D eigenvalue weighted by Crippen LogP contribution is 2.31. The first-order chi connectivity index (χ1) is 17.5. The standard InChI is InChI=1S/C26H39NO11/c1-14(2)18(8)36-25(32)35-17(7)12-26(27,22(28)29)13-19-9-10-20(37-23(30)33-15(3)4)21(11-19)38-24(31)34-16(5)6/h9-11,14-18H,12-13,27H2,1-8H3,(H,28,29)/t17-,18?,26?/m0/s1. The minimum atomic E-state index is -1.88. The van der Waals surface area contributed by atoms with Gasteiger partial charge in [0.2, 0.25) is 0 Å². The Morgan fingerprint density at radius 3 is 1.79 bits per heavy atom. The zero-order valence-corrected chi connectivity index (χ0v) is 23.1. The molecule has 2 unspecified atom stereocenters. The molecule has 0 aliphatic carbocycles. The first-order valence-electron chi connectivity index (χ1n) is 12.3. The molecule has 0 radical (unpaired) electrons. The van der Waals surface area contributed by atoms with Crippen molar-refractivity contribution in [2.75, 3.05) is 0 Å².